The Morgan fingerprint density at radius 1 is 1.13 bits per heavy atom. The fourth-order valence-electron chi connectivity index (χ4n) is 3.04. The van der Waals surface area contributed by atoms with Crippen LogP contribution in [0.4, 0.5) is 0 Å². The van der Waals surface area contributed by atoms with E-state index < -0.39 is 0 Å². The standard InChI is InChI=1S/C18H14ClNO2S/c19-14-9-13-11-5-1-2-6-12(11)18(21)22-15(13)10-16(14)23-17-7-3-4-8-20-17/h3-4,7-10H,1-2,5-6H2. The van der Waals surface area contributed by atoms with E-state index in [2.05, 4.69) is 4.98 Å². The first-order valence-corrected chi connectivity index (χ1v) is 8.79. The van der Waals surface area contributed by atoms with Gasteiger partial charge in [0.15, 0.2) is 0 Å². The van der Waals surface area contributed by atoms with Crippen LogP contribution in [0, 0.1) is 0 Å². The highest BCUT2D eigenvalue weighted by atomic mass is 35.5. The minimum Gasteiger partial charge on any atom is -0.422 e. The molecular formula is C18H14ClNO2S. The zero-order chi connectivity index (χ0) is 15.8. The Balaban J connectivity index is 1.86. The Morgan fingerprint density at radius 3 is 2.74 bits per heavy atom. The van der Waals surface area contributed by atoms with Crippen LogP contribution in [0.15, 0.2) is 55.7 Å². The molecular weight excluding hydrogens is 330 g/mol. The molecule has 5 heteroatoms. The third-order valence-electron chi connectivity index (χ3n) is 4.13. The molecule has 0 bridgehead atoms. The number of aryl methyl sites for hydroxylation is 1. The topological polar surface area (TPSA) is 43.1 Å². The number of nitrogens with zero attached hydrogens (tertiary/aromatic N) is 1. The molecule has 0 spiro atoms. The first-order valence-electron chi connectivity index (χ1n) is 7.59. The summed E-state index contributed by atoms with van der Waals surface area (Å²) in [4.78, 5) is 17.4. The van der Waals surface area contributed by atoms with Crippen LogP contribution in [0.3, 0.4) is 0 Å². The second-order valence-corrected chi connectivity index (χ2v) is 7.07. The summed E-state index contributed by atoms with van der Waals surface area (Å²) < 4.78 is 5.55. The van der Waals surface area contributed by atoms with Gasteiger partial charge in [0.05, 0.1) is 5.02 Å². The lowest BCUT2D eigenvalue weighted by Gasteiger charge is -2.16. The maximum absolute atomic E-state index is 12.2. The van der Waals surface area contributed by atoms with E-state index in [1.54, 1.807) is 6.20 Å². The van der Waals surface area contributed by atoms with Gasteiger partial charge >= 0.3 is 5.63 Å². The summed E-state index contributed by atoms with van der Waals surface area (Å²) in [5.74, 6) is 0. The molecule has 0 saturated heterocycles. The molecule has 2 heterocycles. The number of benzene rings is 1. The molecule has 3 aromatic rings. The second kappa shape index (κ2) is 6.02. The monoisotopic (exact) mass is 343 g/mol. The average molecular weight is 344 g/mol. The van der Waals surface area contributed by atoms with Gasteiger partial charge in [-0.1, -0.05) is 29.4 Å². The van der Waals surface area contributed by atoms with Gasteiger partial charge in [-0.2, -0.15) is 0 Å². The summed E-state index contributed by atoms with van der Waals surface area (Å²) in [6.07, 6.45) is 5.61. The van der Waals surface area contributed by atoms with Crippen LogP contribution in [0.1, 0.15) is 24.0 Å². The number of fused-ring (bicyclic) bond motifs is 3. The van der Waals surface area contributed by atoms with Crippen molar-refractivity contribution in [2.75, 3.05) is 0 Å². The zero-order valence-corrected chi connectivity index (χ0v) is 13.9. The Hall–Kier alpha value is -1.78. The van der Waals surface area contributed by atoms with Crippen LogP contribution >= 0.6 is 23.4 Å². The van der Waals surface area contributed by atoms with Crippen LogP contribution in [0.25, 0.3) is 11.0 Å². The average Bonchev–Trinajstić information content (AvgIpc) is 2.58. The van der Waals surface area contributed by atoms with Gasteiger partial charge in [-0.05, 0) is 55.5 Å². The van der Waals surface area contributed by atoms with Crippen molar-refractivity contribution in [2.24, 2.45) is 0 Å². The van der Waals surface area contributed by atoms with E-state index in [1.165, 1.54) is 11.8 Å². The van der Waals surface area contributed by atoms with Crippen molar-refractivity contribution in [2.45, 2.75) is 35.6 Å². The second-order valence-electron chi connectivity index (χ2n) is 5.60. The van der Waals surface area contributed by atoms with Crippen molar-refractivity contribution in [1.29, 1.82) is 0 Å². The number of aromatic nitrogens is 1. The van der Waals surface area contributed by atoms with E-state index >= 15 is 0 Å². The summed E-state index contributed by atoms with van der Waals surface area (Å²) in [6, 6.07) is 9.51. The van der Waals surface area contributed by atoms with Gasteiger partial charge < -0.3 is 4.42 Å². The number of hydrogen-bond acceptors (Lipinski definition) is 4. The van der Waals surface area contributed by atoms with Crippen LogP contribution in [-0.2, 0) is 12.8 Å². The minimum absolute atomic E-state index is 0.205. The molecule has 0 atom stereocenters. The number of halogens is 1. The molecule has 0 radical (unpaired) electrons. The van der Waals surface area contributed by atoms with Crippen molar-refractivity contribution in [3.05, 3.63) is 63.1 Å². The van der Waals surface area contributed by atoms with Crippen molar-refractivity contribution in [1.82, 2.24) is 4.98 Å². The molecule has 0 amide bonds. The summed E-state index contributed by atoms with van der Waals surface area (Å²) in [6.45, 7) is 0. The third kappa shape index (κ3) is 2.77. The van der Waals surface area contributed by atoms with E-state index in [0.717, 1.165) is 52.1 Å². The quantitative estimate of drug-likeness (QED) is 0.622. The molecule has 23 heavy (non-hydrogen) atoms. The maximum Gasteiger partial charge on any atom is 0.339 e. The lowest BCUT2D eigenvalue weighted by molar-refractivity contribution is 0.533. The summed E-state index contributed by atoms with van der Waals surface area (Å²) in [5.41, 5.74) is 2.34. The van der Waals surface area contributed by atoms with Crippen molar-refractivity contribution in [3.8, 4) is 0 Å². The van der Waals surface area contributed by atoms with E-state index in [0.29, 0.717) is 10.6 Å². The fourth-order valence-corrected chi connectivity index (χ4v) is 4.13. The van der Waals surface area contributed by atoms with Crippen LogP contribution in [0.5, 0.6) is 0 Å². The van der Waals surface area contributed by atoms with Gasteiger partial charge in [-0.3, -0.25) is 0 Å². The highest BCUT2D eigenvalue weighted by Gasteiger charge is 2.19. The maximum atomic E-state index is 12.2. The summed E-state index contributed by atoms with van der Waals surface area (Å²) in [5, 5.41) is 2.48. The largest absolute Gasteiger partial charge is 0.422 e. The van der Waals surface area contributed by atoms with Gasteiger partial charge in [0, 0.05) is 22.0 Å². The van der Waals surface area contributed by atoms with E-state index in [1.807, 2.05) is 30.3 Å². The minimum atomic E-state index is -0.205. The lowest BCUT2D eigenvalue weighted by atomic mass is 9.91. The van der Waals surface area contributed by atoms with Crippen molar-refractivity contribution < 1.29 is 4.42 Å². The van der Waals surface area contributed by atoms with Crippen LogP contribution in [-0.4, -0.2) is 4.98 Å². The molecule has 116 valence electrons. The molecule has 0 saturated carbocycles. The van der Waals surface area contributed by atoms with Gasteiger partial charge in [0.2, 0.25) is 0 Å². The predicted molar refractivity (Wildman–Crippen MR) is 92.5 cm³/mol. The van der Waals surface area contributed by atoms with E-state index in [-0.39, 0.29) is 5.63 Å². The third-order valence-corrected chi connectivity index (χ3v) is 5.56. The molecule has 1 aliphatic carbocycles. The van der Waals surface area contributed by atoms with Gasteiger partial charge in [-0.25, -0.2) is 9.78 Å². The Kier molecular flexibility index (Phi) is 3.87. The first kappa shape index (κ1) is 14.8. The Bertz CT molecular complexity index is 937. The predicted octanol–water partition coefficient (Wildman–Crippen LogP) is 4.87. The van der Waals surface area contributed by atoms with Gasteiger partial charge in [0.25, 0.3) is 0 Å². The number of hydrogen-bond donors (Lipinski definition) is 0. The first-order chi connectivity index (χ1) is 11.2. The highest BCUT2D eigenvalue weighted by molar-refractivity contribution is 7.99. The number of rotatable bonds is 2. The van der Waals surface area contributed by atoms with Gasteiger partial charge in [-0.15, -0.1) is 0 Å². The molecule has 1 aliphatic rings. The highest BCUT2D eigenvalue weighted by Crippen LogP contribution is 2.37. The SMILES string of the molecule is O=c1oc2cc(Sc3ccccn3)c(Cl)cc2c2c1CCCC2. The molecule has 1 aromatic carbocycles. The van der Waals surface area contributed by atoms with Gasteiger partial charge in [0.1, 0.15) is 10.6 Å². The molecule has 3 nitrogen and oxygen atoms in total. The fraction of sp³-hybridized carbons (Fsp3) is 0.222. The summed E-state index contributed by atoms with van der Waals surface area (Å²) in [7, 11) is 0. The van der Waals surface area contributed by atoms with Crippen molar-refractivity contribution in [3.63, 3.8) is 0 Å². The Morgan fingerprint density at radius 2 is 1.96 bits per heavy atom. The number of pyridine rings is 1. The molecule has 0 unspecified atom stereocenters. The summed E-state index contributed by atoms with van der Waals surface area (Å²) >= 11 is 7.93. The molecule has 2 aromatic heterocycles. The van der Waals surface area contributed by atoms with E-state index in [9.17, 15) is 4.79 Å². The van der Waals surface area contributed by atoms with E-state index in [4.69, 9.17) is 16.0 Å². The lowest BCUT2D eigenvalue weighted by Crippen LogP contribution is -2.15. The van der Waals surface area contributed by atoms with Crippen LogP contribution in [0.2, 0.25) is 5.02 Å². The molecule has 4 rings (SSSR count). The molecule has 0 fully saturated rings. The normalized spacial score (nSPS) is 14.0. The van der Waals surface area contributed by atoms with Crippen LogP contribution < -0.4 is 5.63 Å². The smallest absolute Gasteiger partial charge is 0.339 e. The molecule has 0 aliphatic heterocycles. The zero-order valence-electron chi connectivity index (χ0n) is 12.3. The van der Waals surface area contributed by atoms with Crippen molar-refractivity contribution >= 4 is 34.3 Å². The molecule has 0 N–H and O–H groups in total. The Labute approximate surface area is 142 Å².